The molecule has 0 spiro atoms. The van der Waals surface area contributed by atoms with Crippen molar-refractivity contribution in [1.29, 1.82) is 0 Å². The van der Waals surface area contributed by atoms with Gasteiger partial charge in [-0.15, -0.1) is 0 Å². The Balaban J connectivity index is 1.57. The predicted molar refractivity (Wildman–Crippen MR) is 107 cm³/mol. The zero-order valence-electron chi connectivity index (χ0n) is 14.9. The van der Waals surface area contributed by atoms with Crippen LogP contribution in [0.1, 0.15) is 21.7 Å². The summed E-state index contributed by atoms with van der Waals surface area (Å²) in [6.07, 6.45) is 0. The number of halogens is 1. The fraction of sp³-hybridized carbons (Fsp3) is 0.150. The molecule has 0 unspecified atom stereocenters. The molecule has 0 saturated heterocycles. The van der Waals surface area contributed by atoms with Crippen LogP contribution < -0.4 is 10.6 Å². The molecule has 6 nitrogen and oxygen atoms in total. The minimum Gasteiger partial charge on any atom is -0.350 e. The van der Waals surface area contributed by atoms with Gasteiger partial charge in [0.2, 0.25) is 11.7 Å². The van der Waals surface area contributed by atoms with E-state index in [-0.39, 0.29) is 18.2 Å². The molecule has 0 aliphatic rings. The van der Waals surface area contributed by atoms with Gasteiger partial charge in [0, 0.05) is 21.8 Å². The van der Waals surface area contributed by atoms with Crippen molar-refractivity contribution in [1.82, 2.24) is 10.5 Å². The second kappa shape index (κ2) is 8.18. The molecule has 1 heterocycles. The van der Waals surface area contributed by atoms with Gasteiger partial charge in [-0.05, 0) is 37.6 Å². The molecule has 0 fully saturated rings. The maximum atomic E-state index is 12.2. The van der Waals surface area contributed by atoms with Crippen molar-refractivity contribution in [2.75, 3.05) is 11.9 Å². The summed E-state index contributed by atoms with van der Waals surface area (Å²) >= 11 is 3.37. The van der Waals surface area contributed by atoms with Crippen molar-refractivity contribution in [3.63, 3.8) is 0 Å². The Kier molecular flexibility index (Phi) is 5.71. The van der Waals surface area contributed by atoms with Crippen LogP contribution in [0, 0.1) is 13.8 Å². The highest BCUT2D eigenvalue weighted by molar-refractivity contribution is 9.10. The minimum atomic E-state index is -0.497. The van der Waals surface area contributed by atoms with Gasteiger partial charge < -0.3 is 15.2 Å². The third kappa shape index (κ3) is 4.83. The van der Waals surface area contributed by atoms with Crippen molar-refractivity contribution in [2.45, 2.75) is 13.8 Å². The Morgan fingerprint density at radius 3 is 2.52 bits per heavy atom. The Morgan fingerprint density at radius 1 is 1.07 bits per heavy atom. The Bertz CT molecular complexity index is 980. The molecular weight excluding hydrogens is 410 g/mol. The molecule has 0 bridgehead atoms. The first-order chi connectivity index (χ1) is 12.9. The lowest BCUT2D eigenvalue weighted by Gasteiger charge is -2.09. The first-order valence-electron chi connectivity index (χ1n) is 8.30. The Labute approximate surface area is 165 Å². The van der Waals surface area contributed by atoms with E-state index in [9.17, 15) is 9.59 Å². The molecule has 138 valence electrons. The van der Waals surface area contributed by atoms with Gasteiger partial charge in [0.05, 0.1) is 6.54 Å². The van der Waals surface area contributed by atoms with Crippen molar-refractivity contribution in [3.8, 4) is 11.3 Å². The number of amides is 2. The van der Waals surface area contributed by atoms with Gasteiger partial charge >= 0.3 is 0 Å². The summed E-state index contributed by atoms with van der Waals surface area (Å²) in [5.41, 5.74) is 4.16. The van der Waals surface area contributed by atoms with Gasteiger partial charge in [0.15, 0.2) is 0 Å². The summed E-state index contributed by atoms with van der Waals surface area (Å²) in [5.74, 6) is -0.770. The number of anilines is 1. The lowest BCUT2D eigenvalue weighted by atomic mass is 10.1. The number of nitrogens with one attached hydrogen (secondary N) is 2. The molecule has 0 aliphatic carbocycles. The van der Waals surface area contributed by atoms with Crippen LogP contribution >= 0.6 is 15.9 Å². The lowest BCUT2D eigenvalue weighted by molar-refractivity contribution is -0.115. The van der Waals surface area contributed by atoms with Gasteiger partial charge in [-0.1, -0.05) is 50.9 Å². The van der Waals surface area contributed by atoms with Crippen LogP contribution in [0.3, 0.4) is 0 Å². The number of carbonyl (C=O) groups excluding carboxylic acids is 2. The van der Waals surface area contributed by atoms with Crippen LogP contribution in [-0.4, -0.2) is 23.5 Å². The zero-order chi connectivity index (χ0) is 19.4. The topological polar surface area (TPSA) is 84.2 Å². The molecule has 2 aromatic carbocycles. The first-order valence-corrected chi connectivity index (χ1v) is 9.09. The van der Waals surface area contributed by atoms with Gasteiger partial charge in [-0.25, -0.2) is 0 Å². The number of hydrogen-bond acceptors (Lipinski definition) is 4. The molecule has 0 aliphatic heterocycles. The third-order valence-corrected chi connectivity index (χ3v) is 4.45. The van der Waals surface area contributed by atoms with Crippen molar-refractivity contribution >= 4 is 33.4 Å². The van der Waals surface area contributed by atoms with E-state index in [1.165, 1.54) is 0 Å². The van der Waals surface area contributed by atoms with Crippen LogP contribution in [0.15, 0.2) is 57.5 Å². The normalized spacial score (nSPS) is 10.5. The fourth-order valence-corrected chi connectivity index (χ4v) is 2.93. The average molecular weight is 428 g/mol. The maximum Gasteiger partial charge on any atom is 0.290 e. The minimum absolute atomic E-state index is 0.0539. The van der Waals surface area contributed by atoms with E-state index in [2.05, 4.69) is 31.7 Å². The highest BCUT2D eigenvalue weighted by Crippen LogP contribution is 2.20. The quantitative estimate of drug-likeness (QED) is 0.641. The Hall–Kier alpha value is -2.93. The number of aromatic nitrogens is 1. The largest absolute Gasteiger partial charge is 0.350 e. The monoisotopic (exact) mass is 427 g/mol. The summed E-state index contributed by atoms with van der Waals surface area (Å²) in [4.78, 5) is 24.2. The number of rotatable bonds is 5. The van der Waals surface area contributed by atoms with Crippen LogP contribution in [0.4, 0.5) is 5.69 Å². The molecular formula is C20H18BrN3O3. The van der Waals surface area contributed by atoms with Crippen LogP contribution in [0.2, 0.25) is 0 Å². The second-order valence-corrected chi connectivity index (χ2v) is 7.05. The Morgan fingerprint density at radius 2 is 1.81 bits per heavy atom. The van der Waals surface area contributed by atoms with E-state index in [0.29, 0.717) is 11.4 Å². The second-order valence-electron chi connectivity index (χ2n) is 6.13. The summed E-state index contributed by atoms with van der Waals surface area (Å²) < 4.78 is 6.03. The number of nitrogens with zero attached hydrogens (tertiary/aromatic N) is 1. The summed E-state index contributed by atoms with van der Waals surface area (Å²) in [5, 5.41) is 9.20. The van der Waals surface area contributed by atoms with Gasteiger partial charge in [0.25, 0.3) is 5.91 Å². The van der Waals surface area contributed by atoms with Crippen molar-refractivity contribution < 1.29 is 14.1 Å². The number of aryl methyl sites for hydroxylation is 2. The highest BCUT2D eigenvalue weighted by atomic mass is 79.9. The molecule has 0 radical (unpaired) electrons. The van der Waals surface area contributed by atoms with Gasteiger partial charge in [-0.3, -0.25) is 9.59 Å². The summed E-state index contributed by atoms with van der Waals surface area (Å²) in [6.45, 7) is 3.71. The average Bonchev–Trinajstić information content (AvgIpc) is 3.13. The van der Waals surface area contributed by atoms with E-state index >= 15 is 0 Å². The molecule has 0 saturated carbocycles. The number of hydrogen-bond donors (Lipinski definition) is 2. The van der Waals surface area contributed by atoms with E-state index in [0.717, 1.165) is 21.2 Å². The zero-order valence-corrected chi connectivity index (χ0v) is 16.5. The lowest BCUT2D eigenvalue weighted by Crippen LogP contribution is -2.32. The van der Waals surface area contributed by atoms with Crippen LogP contribution in [0.5, 0.6) is 0 Å². The fourth-order valence-electron chi connectivity index (χ4n) is 2.45. The molecule has 7 heteroatoms. The predicted octanol–water partition coefficient (Wildman–Crippen LogP) is 4.09. The molecule has 27 heavy (non-hydrogen) atoms. The smallest absolute Gasteiger partial charge is 0.290 e. The maximum absolute atomic E-state index is 12.2. The molecule has 3 rings (SSSR count). The van der Waals surface area contributed by atoms with Crippen LogP contribution in [-0.2, 0) is 4.79 Å². The van der Waals surface area contributed by atoms with E-state index in [1.54, 1.807) is 12.1 Å². The number of benzene rings is 2. The SMILES string of the molecule is Cc1ccc(-c2cc(C(=O)NCC(=O)Nc3ccc(Br)cc3C)on2)cc1. The molecule has 1 aromatic heterocycles. The van der Waals surface area contributed by atoms with Gasteiger partial charge in [-0.2, -0.15) is 0 Å². The third-order valence-electron chi connectivity index (χ3n) is 3.95. The van der Waals surface area contributed by atoms with E-state index < -0.39 is 5.91 Å². The van der Waals surface area contributed by atoms with Crippen molar-refractivity contribution in [3.05, 3.63) is 69.9 Å². The highest BCUT2D eigenvalue weighted by Gasteiger charge is 2.15. The van der Waals surface area contributed by atoms with Crippen LogP contribution in [0.25, 0.3) is 11.3 Å². The van der Waals surface area contributed by atoms with Gasteiger partial charge in [0.1, 0.15) is 5.69 Å². The first kappa shape index (κ1) is 18.8. The molecule has 2 N–H and O–H groups in total. The number of carbonyl (C=O) groups is 2. The van der Waals surface area contributed by atoms with Crippen molar-refractivity contribution in [2.24, 2.45) is 0 Å². The standard InChI is InChI=1S/C20H18BrN3O3/c1-12-3-5-14(6-4-12)17-10-18(27-24-17)20(26)22-11-19(25)23-16-8-7-15(21)9-13(16)2/h3-10H,11H2,1-2H3,(H,22,26)(H,23,25). The van der Waals surface area contributed by atoms with E-state index in [4.69, 9.17) is 4.52 Å². The summed E-state index contributed by atoms with van der Waals surface area (Å²) in [7, 11) is 0. The molecule has 0 atom stereocenters. The molecule has 2 amide bonds. The van der Waals surface area contributed by atoms with E-state index in [1.807, 2.05) is 50.2 Å². The summed E-state index contributed by atoms with van der Waals surface area (Å²) in [6, 6.07) is 14.8. The molecule has 3 aromatic rings.